The first-order valence-corrected chi connectivity index (χ1v) is 8.12. The van der Waals surface area contributed by atoms with Crippen LogP contribution in [0, 0.1) is 11.8 Å². The highest BCUT2D eigenvalue weighted by Crippen LogP contribution is 2.22. The van der Waals surface area contributed by atoms with Gasteiger partial charge in [0.1, 0.15) is 0 Å². The molecule has 1 N–H and O–H groups in total. The Hall–Kier alpha value is -1.19. The molecule has 0 saturated carbocycles. The van der Waals surface area contributed by atoms with Crippen molar-refractivity contribution in [3.05, 3.63) is 0 Å². The van der Waals surface area contributed by atoms with Gasteiger partial charge in [0.15, 0.2) is 0 Å². The summed E-state index contributed by atoms with van der Waals surface area (Å²) in [6.07, 6.45) is 0.822. The van der Waals surface area contributed by atoms with Crippen LogP contribution < -0.4 is 0 Å². The second-order valence-corrected chi connectivity index (χ2v) is 7.26. The van der Waals surface area contributed by atoms with E-state index in [0.29, 0.717) is 12.8 Å². The Morgan fingerprint density at radius 3 is 2.33 bits per heavy atom. The highest BCUT2D eigenvalue weighted by Gasteiger charge is 2.34. The van der Waals surface area contributed by atoms with Crippen LogP contribution in [0.15, 0.2) is 0 Å². The zero-order valence-electron chi connectivity index (χ0n) is 12.5. The van der Waals surface area contributed by atoms with Gasteiger partial charge in [-0.2, -0.15) is 17.0 Å². The molecule has 21 heavy (non-hydrogen) atoms. The summed E-state index contributed by atoms with van der Waals surface area (Å²) in [5.74, 6) is -2.41. The number of piperidine rings is 1. The SMILES string of the molecule is COC(=O)C1CCN(S(=O)(=O)N(C)CC(C)C(=O)O)CC1. The quantitative estimate of drug-likeness (QED) is 0.677. The summed E-state index contributed by atoms with van der Waals surface area (Å²) >= 11 is 0. The number of carbonyl (C=O) groups excluding carboxylic acids is 1. The van der Waals surface area contributed by atoms with Gasteiger partial charge in [0, 0.05) is 26.7 Å². The highest BCUT2D eigenvalue weighted by atomic mass is 32.2. The molecular weight excluding hydrogens is 300 g/mol. The van der Waals surface area contributed by atoms with E-state index in [1.54, 1.807) is 0 Å². The minimum atomic E-state index is -3.70. The van der Waals surface area contributed by atoms with Crippen molar-refractivity contribution in [2.24, 2.45) is 11.8 Å². The molecule has 0 aliphatic carbocycles. The van der Waals surface area contributed by atoms with Crippen LogP contribution >= 0.6 is 0 Å². The number of hydrogen-bond acceptors (Lipinski definition) is 5. The van der Waals surface area contributed by atoms with Crippen LogP contribution in [-0.4, -0.2) is 67.9 Å². The van der Waals surface area contributed by atoms with E-state index >= 15 is 0 Å². The average Bonchev–Trinajstić information content (AvgIpc) is 2.46. The minimum absolute atomic E-state index is 0.0887. The molecule has 8 nitrogen and oxygen atoms in total. The van der Waals surface area contributed by atoms with Gasteiger partial charge in [-0.25, -0.2) is 0 Å². The fourth-order valence-corrected chi connectivity index (χ4v) is 3.72. The molecule has 0 bridgehead atoms. The van der Waals surface area contributed by atoms with Gasteiger partial charge in [0.05, 0.1) is 18.9 Å². The largest absolute Gasteiger partial charge is 0.481 e. The second kappa shape index (κ2) is 7.19. The summed E-state index contributed by atoms with van der Waals surface area (Å²) in [5.41, 5.74) is 0. The number of aliphatic carboxylic acids is 1. The van der Waals surface area contributed by atoms with E-state index < -0.39 is 22.1 Å². The number of rotatable bonds is 6. The van der Waals surface area contributed by atoms with Crippen molar-refractivity contribution in [1.82, 2.24) is 8.61 Å². The topological polar surface area (TPSA) is 104 Å². The highest BCUT2D eigenvalue weighted by molar-refractivity contribution is 7.86. The molecule has 1 atom stereocenters. The van der Waals surface area contributed by atoms with Crippen LogP contribution in [0.1, 0.15) is 19.8 Å². The predicted molar refractivity (Wildman–Crippen MR) is 74.7 cm³/mol. The van der Waals surface area contributed by atoms with Gasteiger partial charge >= 0.3 is 11.9 Å². The summed E-state index contributed by atoms with van der Waals surface area (Å²) in [6, 6.07) is 0. The van der Waals surface area contributed by atoms with E-state index in [1.165, 1.54) is 25.4 Å². The van der Waals surface area contributed by atoms with Gasteiger partial charge in [-0.1, -0.05) is 6.92 Å². The van der Waals surface area contributed by atoms with Crippen LogP contribution in [0.2, 0.25) is 0 Å². The van der Waals surface area contributed by atoms with Crippen LogP contribution in [0.5, 0.6) is 0 Å². The number of ether oxygens (including phenoxy) is 1. The van der Waals surface area contributed by atoms with Gasteiger partial charge in [0.25, 0.3) is 10.2 Å². The number of hydrogen-bond donors (Lipinski definition) is 1. The van der Waals surface area contributed by atoms with Gasteiger partial charge in [0.2, 0.25) is 0 Å². The average molecular weight is 322 g/mol. The van der Waals surface area contributed by atoms with Crippen molar-refractivity contribution in [3.63, 3.8) is 0 Å². The normalized spacial score (nSPS) is 19.4. The van der Waals surface area contributed by atoms with Crippen LogP contribution in [0.25, 0.3) is 0 Å². The van der Waals surface area contributed by atoms with E-state index in [4.69, 9.17) is 5.11 Å². The van der Waals surface area contributed by atoms with E-state index in [9.17, 15) is 18.0 Å². The molecule has 0 spiro atoms. The smallest absolute Gasteiger partial charge is 0.308 e. The molecule has 122 valence electrons. The standard InChI is InChI=1S/C12H22N2O6S/c1-9(11(15)16)8-13(2)21(18,19)14-6-4-10(5-7-14)12(17)20-3/h9-10H,4-8H2,1-3H3,(H,15,16). The van der Waals surface area contributed by atoms with Gasteiger partial charge in [-0.3, -0.25) is 9.59 Å². The summed E-state index contributed by atoms with van der Waals surface area (Å²) in [7, 11) is -1.02. The van der Waals surface area contributed by atoms with E-state index in [-0.39, 0.29) is 31.5 Å². The van der Waals surface area contributed by atoms with Crippen molar-refractivity contribution in [1.29, 1.82) is 0 Å². The van der Waals surface area contributed by atoms with E-state index in [2.05, 4.69) is 4.74 Å². The molecule has 1 unspecified atom stereocenters. The Labute approximate surface area is 124 Å². The fourth-order valence-electron chi connectivity index (χ4n) is 2.24. The number of carbonyl (C=O) groups is 2. The van der Waals surface area contributed by atoms with Gasteiger partial charge in [-0.05, 0) is 12.8 Å². The van der Waals surface area contributed by atoms with Crippen LogP contribution in [0.3, 0.4) is 0 Å². The number of methoxy groups -OCH3 is 1. The monoisotopic (exact) mass is 322 g/mol. The zero-order chi connectivity index (χ0) is 16.2. The maximum Gasteiger partial charge on any atom is 0.308 e. The lowest BCUT2D eigenvalue weighted by molar-refractivity contribution is -0.146. The molecule has 1 aliphatic rings. The molecule has 0 aromatic heterocycles. The van der Waals surface area contributed by atoms with Crippen molar-refractivity contribution >= 4 is 22.1 Å². The number of carboxylic acid groups (broad SMARTS) is 1. The number of carboxylic acids is 1. The third-order valence-corrected chi connectivity index (χ3v) is 5.62. The molecule has 1 fully saturated rings. The first-order valence-electron chi connectivity index (χ1n) is 6.72. The molecule has 1 heterocycles. The third-order valence-electron chi connectivity index (χ3n) is 3.66. The van der Waals surface area contributed by atoms with Crippen LogP contribution in [0.4, 0.5) is 0 Å². The Kier molecular flexibility index (Phi) is 6.11. The summed E-state index contributed by atoms with van der Waals surface area (Å²) in [6.45, 7) is 1.83. The first kappa shape index (κ1) is 17.9. The molecule has 0 aromatic carbocycles. The minimum Gasteiger partial charge on any atom is -0.481 e. The maximum atomic E-state index is 12.3. The summed E-state index contributed by atoms with van der Waals surface area (Å²) in [5, 5.41) is 8.84. The zero-order valence-corrected chi connectivity index (χ0v) is 13.3. The Bertz CT molecular complexity index is 484. The lowest BCUT2D eigenvalue weighted by Gasteiger charge is -2.33. The lowest BCUT2D eigenvalue weighted by Crippen LogP contribution is -2.48. The number of nitrogens with zero attached hydrogens (tertiary/aromatic N) is 2. The van der Waals surface area contributed by atoms with Crippen molar-refractivity contribution in [2.45, 2.75) is 19.8 Å². The Balaban J connectivity index is 2.64. The van der Waals surface area contributed by atoms with Gasteiger partial charge in [-0.15, -0.1) is 0 Å². The molecule has 0 amide bonds. The molecule has 0 aromatic rings. The molecule has 0 radical (unpaired) electrons. The Morgan fingerprint density at radius 2 is 1.90 bits per heavy atom. The molecule has 1 rings (SSSR count). The maximum absolute atomic E-state index is 12.3. The van der Waals surface area contributed by atoms with E-state index in [1.807, 2.05) is 0 Å². The summed E-state index contributed by atoms with van der Waals surface area (Å²) in [4.78, 5) is 22.2. The fraction of sp³-hybridized carbons (Fsp3) is 0.833. The van der Waals surface area contributed by atoms with Crippen molar-refractivity contribution in [2.75, 3.05) is 33.8 Å². The van der Waals surface area contributed by atoms with Crippen LogP contribution in [-0.2, 0) is 24.5 Å². The number of esters is 1. The molecule has 1 aliphatic heterocycles. The molecular formula is C12H22N2O6S. The second-order valence-electron chi connectivity index (χ2n) is 5.22. The first-order chi connectivity index (χ1) is 9.70. The molecule has 1 saturated heterocycles. The van der Waals surface area contributed by atoms with Crippen molar-refractivity contribution < 1.29 is 27.9 Å². The van der Waals surface area contributed by atoms with E-state index in [0.717, 1.165) is 4.31 Å². The predicted octanol–water partition coefficient (Wildman–Crippen LogP) is -0.231. The third kappa shape index (κ3) is 4.39. The lowest BCUT2D eigenvalue weighted by atomic mass is 9.99. The van der Waals surface area contributed by atoms with Crippen molar-refractivity contribution in [3.8, 4) is 0 Å². The molecule has 9 heteroatoms. The summed E-state index contributed by atoms with van der Waals surface area (Å²) < 4.78 is 31.6. The van der Waals surface area contributed by atoms with Gasteiger partial charge < -0.3 is 9.84 Å². The Morgan fingerprint density at radius 1 is 1.38 bits per heavy atom.